The van der Waals surface area contributed by atoms with Crippen LogP contribution in [-0.2, 0) is 9.53 Å². The highest BCUT2D eigenvalue weighted by Gasteiger charge is 2.04. The maximum absolute atomic E-state index is 12.1. The van der Waals surface area contributed by atoms with Crippen molar-refractivity contribution in [2.24, 2.45) is 0 Å². The van der Waals surface area contributed by atoms with E-state index in [1.807, 2.05) is 0 Å². The third-order valence-electron chi connectivity index (χ3n) is 5.05. The number of allylic oxidation sites excluding steroid dienone is 1. The van der Waals surface area contributed by atoms with Crippen molar-refractivity contribution in [1.29, 1.82) is 0 Å². The molecule has 0 aliphatic carbocycles. The van der Waals surface area contributed by atoms with Gasteiger partial charge < -0.3 is 4.74 Å². The van der Waals surface area contributed by atoms with Crippen LogP contribution in [0, 0.1) is 0 Å². The molecule has 0 saturated heterocycles. The molecule has 160 valence electrons. The summed E-state index contributed by atoms with van der Waals surface area (Å²) in [5, 5.41) is 1.06. The van der Waals surface area contributed by atoms with Crippen molar-refractivity contribution in [1.82, 2.24) is 0 Å². The summed E-state index contributed by atoms with van der Waals surface area (Å²) >= 11 is 3.45. The smallest absolute Gasteiger partial charge is 0.330 e. The fourth-order valence-electron chi connectivity index (χ4n) is 3.29. The SMILES string of the molecule is CCCCCCCCCC/C(=C\C(=O)OCCCCCCBr)CCCCC. The molecule has 0 aliphatic rings. The van der Waals surface area contributed by atoms with Crippen LogP contribution in [0.25, 0.3) is 0 Å². The van der Waals surface area contributed by atoms with Gasteiger partial charge in [0.25, 0.3) is 0 Å². The number of halogens is 1. The van der Waals surface area contributed by atoms with Crippen LogP contribution in [0.15, 0.2) is 11.6 Å². The van der Waals surface area contributed by atoms with Crippen LogP contribution in [-0.4, -0.2) is 17.9 Å². The van der Waals surface area contributed by atoms with E-state index in [9.17, 15) is 4.79 Å². The quantitative estimate of drug-likeness (QED) is 0.0812. The standard InChI is InChI=1S/C24H45BrO2/c1-3-5-7-8-9-10-11-15-19-23(18-14-6-4-2)22-24(26)27-21-17-13-12-16-20-25/h22H,3-21H2,1-2H3/b23-22-. The molecule has 0 aromatic carbocycles. The highest BCUT2D eigenvalue weighted by atomic mass is 79.9. The van der Waals surface area contributed by atoms with Gasteiger partial charge in [-0.05, 0) is 38.5 Å². The minimum Gasteiger partial charge on any atom is -0.463 e. The molecule has 0 spiro atoms. The molecular formula is C24H45BrO2. The van der Waals surface area contributed by atoms with E-state index in [0.29, 0.717) is 6.61 Å². The molecule has 0 heterocycles. The lowest BCUT2D eigenvalue weighted by Crippen LogP contribution is -2.04. The fraction of sp³-hybridized carbons (Fsp3) is 0.875. The summed E-state index contributed by atoms with van der Waals surface area (Å²) in [6.07, 6.45) is 22.8. The molecule has 0 radical (unpaired) electrons. The Bertz CT molecular complexity index is 352. The van der Waals surface area contributed by atoms with Gasteiger partial charge in [-0.25, -0.2) is 4.79 Å². The zero-order chi connectivity index (χ0) is 20.0. The first kappa shape index (κ1) is 26.7. The Morgan fingerprint density at radius 2 is 1.19 bits per heavy atom. The first-order chi connectivity index (χ1) is 13.2. The molecule has 0 unspecified atom stereocenters. The van der Waals surface area contributed by atoms with Gasteiger partial charge in [0, 0.05) is 11.4 Å². The van der Waals surface area contributed by atoms with Crippen molar-refractivity contribution in [3.63, 3.8) is 0 Å². The normalized spacial score (nSPS) is 11.7. The van der Waals surface area contributed by atoms with Gasteiger partial charge in [-0.2, -0.15) is 0 Å². The summed E-state index contributed by atoms with van der Waals surface area (Å²) in [4.78, 5) is 12.1. The average molecular weight is 446 g/mol. The number of carbonyl (C=O) groups is 1. The molecule has 0 N–H and O–H groups in total. The van der Waals surface area contributed by atoms with Crippen LogP contribution in [0.3, 0.4) is 0 Å². The predicted octanol–water partition coefficient (Wildman–Crippen LogP) is 8.52. The molecule has 0 amide bonds. The lowest BCUT2D eigenvalue weighted by atomic mass is 10.00. The van der Waals surface area contributed by atoms with E-state index < -0.39 is 0 Å². The van der Waals surface area contributed by atoms with Crippen molar-refractivity contribution in [3.05, 3.63) is 11.6 Å². The molecule has 0 fully saturated rings. The van der Waals surface area contributed by atoms with E-state index in [0.717, 1.165) is 31.0 Å². The summed E-state index contributed by atoms with van der Waals surface area (Å²) in [5.41, 5.74) is 1.30. The molecule has 0 aromatic heterocycles. The number of ether oxygens (including phenoxy) is 1. The van der Waals surface area contributed by atoms with Crippen molar-refractivity contribution in [2.75, 3.05) is 11.9 Å². The zero-order valence-corrected chi connectivity index (χ0v) is 19.8. The second-order valence-corrected chi connectivity index (χ2v) is 8.55. The van der Waals surface area contributed by atoms with Crippen molar-refractivity contribution >= 4 is 21.9 Å². The van der Waals surface area contributed by atoms with Crippen LogP contribution in [0.5, 0.6) is 0 Å². The molecule has 0 saturated carbocycles. The molecule has 3 heteroatoms. The Kier molecular flexibility index (Phi) is 21.7. The third kappa shape index (κ3) is 20.2. The largest absolute Gasteiger partial charge is 0.463 e. The second kappa shape index (κ2) is 22.0. The molecule has 0 aromatic rings. The van der Waals surface area contributed by atoms with E-state index in [2.05, 4.69) is 29.8 Å². The first-order valence-corrected chi connectivity index (χ1v) is 12.8. The van der Waals surface area contributed by atoms with E-state index in [1.54, 1.807) is 6.08 Å². The Morgan fingerprint density at radius 3 is 1.81 bits per heavy atom. The molecule has 27 heavy (non-hydrogen) atoms. The number of carbonyl (C=O) groups excluding carboxylic acids is 1. The van der Waals surface area contributed by atoms with Crippen LogP contribution in [0.1, 0.15) is 123 Å². The summed E-state index contributed by atoms with van der Waals surface area (Å²) < 4.78 is 5.41. The Balaban J connectivity index is 4.01. The first-order valence-electron chi connectivity index (χ1n) is 11.7. The van der Waals surface area contributed by atoms with Crippen LogP contribution < -0.4 is 0 Å². The number of hydrogen-bond acceptors (Lipinski definition) is 2. The summed E-state index contributed by atoms with van der Waals surface area (Å²) in [6, 6.07) is 0. The van der Waals surface area contributed by atoms with Crippen molar-refractivity contribution in [3.8, 4) is 0 Å². The predicted molar refractivity (Wildman–Crippen MR) is 123 cm³/mol. The number of unbranched alkanes of at least 4 members (excludes halogenated alkanes) is 12. The van der Waals surface area contributed by atoms with Crippen LogP contribution in [0.2, 0.25) is 0 Å². The summed E-state index contributed by atoms with van der Waals surface area (Å²) in [7, 11) is 0. The van der Waals surface area contributed by atoms with E-state index in [1.165, 1.54) is 89.0 Å². The Morgan fingerprint density at radius 1 is 0.704 bits per heavy atom. The van der Waals surface area contributed by atoms with E-state index in [-0.39, 0.29) is 5.97 Å². The molecular weight excluding hydrogens is 400 g/mol. The Hall–Kier alpha value is -0.310. The van der Waals surface area contributed by atoms with E-state index in [4.69, 9.17) is 4.74 Å². The van der Waals surface area contributed by atoms with Crippen LogP contribution in [0.4, 0.5) is 0 Å². The highest BCUT2D eigenvalue weighted by Crippen LogP contribution is 2.18. The second-order valence-electron chi connectivity index (χ2n) is 7.76. The van der Waals surface area contributed by atoms with E-state index >= 15 is 0 Å². The van der Waals surface area contributed by atoms with Gasteiger partial charge in [0.15, 0.2) is 0 Å². The van der Waals surface area contributed by atoms with Gasteiger partial charge in [0.2, 0.25) is 0 Å². The number of esters is 1. The zero-order valence-electron chi connectivity index (χ0n) is 18.2. The maximum atomic E-state index is 12.1. The fourth-order valence-corrected chi connectivity index (χ4v) is 3.69. The lowest BCUT2D eigenvalue weighted by Gasteiger charge is -2.08. The minimum atomic E-state index is -0.124. The maximum Gasteiger partial charge on any atom is 0.330 e. The van der Waals surface area contributed by atoms with Crippen molar-refractivity contribution in [2.45, 2.75) is 123 Å². The molecule has 2 nitrogen and oxygen atoms in total. The van der Waals surface area contributed by atoms with Gasteiger partial charge in [0.1, 0.15) is 0 Å². The molecule has 0 rings (SSSR count). The monoisotopic (exact) mass is 444 g/mol. The van der Waals surface area contributed by atoms with Gasteiger partial charge in [-0.15, -0.1) is 0 Å². The van der Waals surface area contributed by atoms with Gasteiger partial charge in [-0.3, -0.25) is 0 Å². The topological polar surface area (TPSA) is 26.3 Å². The van der Waals surface area contributed by atoms with Crippen molar-refractivity contribution < 1.29 is 9.53 Å². The average Bonchev–Trinajstić information content (AvgIpc) is 2.66. The van der Waals surface area contributed by atoms with Crippen LogP contribution >= 0.6 is 15.9 Å². The Labute approximate surface area is 178 Å². The lowest BCUT2D eigenvalue weighted by molar-refractivity contribution is -0.137. The number of alkyl halides is 1. The highest BCUT2D eigenvalue weighted by molar-refractivity contribution is 9.09. The third-order valence-corrected chi connectivity index (χ3v) is 5.61. The molecule has 0 aliphatic heterocycles. The minimum absolute atomic E-state index is 0.124. The van der Waals surface area contributed by atoms with Gasteiger partial charge >= 0.3 is 5.97 Å². The van der Waals surface area contributed by atoms with Gasteiger partial charge in [0.05, 0.1) is 6.61 Å². The molecule has 0 bridgehead atoms. The number of rotatable bonds is 20. The molecule has 0 atom stereocenters. The number of hydrogen-bond donors (Lipinski definition) is 0. The van der Waals surface area contributed by atoms with Gasteiger partial charge in [-0.1, -0.05) is 106 Å². The summed E-state index contributed by atoms with van der Waals surface area (Å²) in [5.74, 6) is -0.124. The summed E-state index contributed by atoms with van der Waals surface area (Å²) in [6.45, 7) is 5.06.